The number of ether oxygens (including phenoxy) is 1. The van der Waals surface area contributed by atoms with Crippen molar-refractivity contribution >= 4 is 28.9 Å². The van der Waals surface area contributed by atoms with Crippen LogP contribution in [0.5, 0.6) is 5.75 Å². The van der Waals surface area contributed by atoms with Crippen LogP contribution in [0.4, 0.5) is 11.4 Å². The summed E-state index contributed by atoms with van der Waals surface area (Å²) in [6.07, 6.45) is 0.109. The van der Waals surface area contributed by atoms with Gasteiger partial charge in [-0.05, 0) is 42.0 Å². The van der Waals surface area contributed by atoms with Crippen LogP contribution in [0.25, 0.3) is 4.85 Å². The molecule has 2 rings (SSSR count). The molecule has 1 amide bonds. The number of hydrogen-bond donors (Lipinski definition) is 1. The van der Waals surface area contributed by atoms with E-state index in [1.54, 1.807) is 49.6 Å². The molecule has 5 heteroatoms. The first-order valence-corrected chi connectivity index (χ1v) is 6.60. The molecule has 0 fully saturated rings. The molecule has 0 aliphatic rings. The van der Waals surface area contributed by atoms with E-state index in [1.807, 2.05) is 0 Å². The lowest BCUT2D eigenvalue weighted by molar-refractivity contribution is -0.115. The molecule has 1 N–H and O–H groups in total. The molecule has 0 spiro atoms. The summed E-state index contributed by atoms with van der Waals surface area (Å²) in [7, 11) is 1.55. The summed E-state index contributed by atoms with van der Waals surface area (Å²) in [4.78, 5) is 15.5. The summed E-state index contributed by atoms with van der Waals surface area (Å²) in [6.45, 7) is 7.14. The first-order valence-electron chi connectivity index (χ1n) is 6.22. The zero-order valence-electron chi connectivity index (χ0n) is 11.4. The first kappa shape index (κ1) is 14.9. The van der Waals surface area contributed by atoms with Gasteiger partial charge >= 0.3 is 0 Å². The molecular weight excluding hydrogens is 288 g/mol. The summed E-state index contributed by atoms with van der Waals surface area (Å²) < 4.78 is 5.12. The van der Waals surface area contributed by atoms with E-state index in [4.69, 9.17) is 22.9 Å². The number of carbonyl (C=O) groups excluding carboxylic acids is 1. The summed E-state index contributed by atoms with van der Waals surface area (Å²) in [5, 5.41) is 3.37. The van der Waals surface area contributed by atoms with Gasteiger partial charge in [0.05, 0.1) is 13.7 Å². The number of amides is 1. The zero-order valence-corrected chi connectivity index (χ0v) is 12.1. The number of anilines is 1. The van der Waals surface area contributed by atoms with E-state index in [-0.39, 0.29) is 12.3 Å². The Bertz CT molecular complexity index is 690. The Labute approximate surface area is 128 Å². The van der Waals surface area contributed by atoms with Crippen molar-refractivity contribution in [2.75, 3.05) is 12.4 Å². The summed E-state index contributed by atoms with van der Waals surface area (Å²) >= 11 is 5.79. The Kier molecular flexibility index (Phi) is 4.81. The Hall–Kier alpha value is -2.51. The zero-order chi connectivity index (χ0) is 15.2. The minimum absolute atomic E-state index is 0.109. The highest BCUT2D eigenvalue weighted by Gasteiger charge is 2.10. The number of nitrogens with one attached hydrogen (secondary N) is 1. The SMILES string of the molecule is [C-]#[N+]c1ccc(OC)cc1CC(=O)Nc1ccc(Cl)cc1. The largest absolute Gasteiger partial charge is 0.497 e. The predicted octanol–water partition coefficient (Wildman–Crippen LogP) is 4.08. The van der Waals surface area contributed by atoms with Crippen LogP contribution in [0, 0.1) is 6.57 Å². The minimum atomic E-state index is -0.199. The monoisotopic (exact) mass is 300 g/mol. The second kappa shape index (κ2) is 6.78. The van der Waals surface area contributed by atoms with Crippen molar-refractivity contribution in [1.82, 2.24) is 0 Å². The van der Waals surface area contributed by atoms with Crippen molar-refractivity contribution in [2.45, 2.75) is 6.42 Å². The van der Waals surface area contributed by atoms with E-state index >= 15 is 0 Å². The molecule has 0 aliphatic carbocycles. The predicted molar refractivity (Wildman–Crippen MR) is 83.0 cm³/mol. The Morgan fingerprint density at radius 3 is 2.62 bits per heavy atom. The number of hydrogen-bond acceptors (Lipinski definition) is 2. The highest BCUT2D eigenvalue weighted by Crippen LogP contribution is 2.25. The third-order valence-electron chi connectivity index (χ3n) is 2.89. The van der Waals surface area contributed by atoms with Crippen LogP contribution >= 0.6 is 11.6 Å². The van der Waals surface area contributed by atoms with Crippen molar-refractivity contribution in [2.24, 2.45) is 0 Å². The van der Waals surface area contributed by atoms with Gasteiger partial charge in [-0.3, -0.25) is 4.79 Å². The summed E-state index contributed by atoms with van der Waals surface area (Å²) in [5.41, 5.74) is 1.74. The minimum Gasteiger partial charge on any atom is -0.497 e. The fraction of sp³-hybridized carbons (Fsp3) is 0.125. The second-order valence-corrected chi connectivity index (χ2v) is 4.77. The van der Waals surface area contributed by atoms with Gasteiger partial charge in [0.2, 0.25) is 5.91 Å². The molecule has 0 aromatic heterocycles. The van der Waals surface area contributed by atoms with Gasteiger partial charge in [0.1, 0.15) is 5.75 Å². The first-order chi connectivity index (χ1) is 10.1. The number of nitrogens with zero attached hydrogens (tertiary/aromatic N) is 1. The maximum atomic E-state index is 12.0. The number of methoxy groups -OCH3 is 1. The Balaban J connectivity index is 2.12. The molecule has 106 valence electrons. The van der Waals surface area contributed by atoms with Gasteiger partial charge in [0.25, 0.3) is 0 Å². The smallest absolute Gasteiger partial charge is 0.227 e. The third-order valence-corrected chi connectivity index (χ3v) is 3.14. The number of rotatable bonds is 4. The van der Waals surface area contributed by atoms with E-state index in [9.17, 15) is 4.79 Å². The summed E-state index contributed by atoms with van der Waals surface area (Å²) in [6, 6.07) is 11.9. The normalized spacial score (nSPS) is 9.76. The molecule has 2 aromatic carbocycles. The Morgan fingerprint density at radius 1 is 1.29 bits per heavy atom. The molecule has 4 nitrogen and oxygen atoms in total. The van der Waals surface area contributed by atoms with Crippen LogP contribution in [0.15, 0.2) is 42.5 Å². The molecule has 2 aromatic rings. The van der Waals surface area contributed by atoms with Crippen LogP contribution in [0.2, 0.25) is 5.02 Å². The van der Waals surface area contributed by atoms with Crippen molar-refractivity contribution in [1.29, 1.82) is 0 Å². The van der Waals surface area contributed by atoms with Crippen LogP contribution in [-0.4, -0.2) is 13.0 Å². The quantitative estimate of drug-likeness (QED) is 0.865. The average molecular weight is 301 g/mol. The molecule has 0 heterocycles. The van der Waals surface area contributed by atoms with E-state index in [0.29, 0.717) is 27.7 Å². The van der Waals surface area contributed by atoms with E-state index in [0.717, 1.165) is 0 Å². The van der Waals surface area contributed by atoms with Gasteiger partial charge in [-0.25, -0.2) is 4.85 Å². The van der Waals surface area contributed by atoms with Crippen molar-refractivity contribution in [3.63, 3.8) is 0 Å². The van der Waals surface area contributed by atoms with Crippen molar-refractivity contribution in [3.8, 4) is 5.75 Å². The van der Waals surface area contributed by atoms with Crippen molar-refractivity contribution in [3.05, 3.63) is 64.5 Å². The highest BCUT2D eigenvalue weighted by molar-refractivity contribution is 6.30. The molecule has 0 bridgehead atoms. The molecule has 0 unspecified atom stereocenters. The molecule has 21 heavy (non-hydrogen) atoms. The van der Waals surface area contributed by atoms with E-state index in [2.05, 4.69) is 10.2 Å². The number of benzene rings is 2. The van der Waals surface area contributed by atoms with Gasteiger partial charge in [-0.15, -0.1) is 0 Å². The van der Waals surface area contributed by atoms with Crippen LogP contribution in [0.1, 0.15) is 5.56 Å². The van der Waals surface area contributed by atoms with Gasteiger partial charge in [0, 0.05) is 17.1 Å². The lowest BCUT2D eigenvalue weighted by Crippen LogP contribution is -2.14. The van der Waals surface area contributed by atoms with Gasteiger partial charge < -0.3 is 10.1 Å². The fourth-order valence-electron chi connectivity index (χ4n) is 1.85. The van der Waals surface area contributed by atoms with E-state index in [1.165, 1.54) is 0 Å². The molecule has 0 saturated heterocycles. The van der Waals surface area contributed by atoms with Crippen LogP contribution in [-0.2, 0) is 11.2 Å². The molecule has 0 atom stereocenters. The topological polar surface area (TPSA) is 42.7 Å². The highest BCUT2D eigenvalue weighted by atomic mass is 35.5. The Morgan fingerprint density at radius 2 is 2.00 bits per heavy atom. The van der Waals surface area contributed by atoms with Gasteiger partial charge in [-0.1, -0.05) is 17.7 Å². The molecule has 0 radical (unpaired) electrons. The standard InChI is InChI=1S/C16H13ClN2O2/c1-18-15-8-7-14(21-2)9-11(15)10-16(20)19-13-5-3-12(17)4-6-13/h3-9H,10H2,2H3,(H,19,20). The summed E-state index contributed by atoms with van der Waals surface area (Å²) in [5.74, 6) is 0.423. The molecule has 0 saturated carbocycles. The fourth-order valence-corrected chi connectivity index (χ4v) is 1.98. The molecular formula is C16H13ClN2O2. The third kappa shape index (κ3) is 3.98. The number of halogens is 1. The van der Waals surface area contributed by atoms with Crippen LogP contribution in [0.3, 0.4) is 0 Å². The second-order valence-electron chi connectivity index (χ2n) is 4.34. The van der Waals surface area contributed by atoms with Crippen LogP contribution < -0.4 is 10.1 Å². The average Bonchev–Trinajstić information content (AvgIpc) is 2.49. The number of carbonyl (C=O) groups is 1. The lowest BCUT2D eigenvalue weighted by Gasteiger charge is -2.08. The van der Waals surface area contributed by atoms with E-state index < -0.39 is 0 Å². The van der Waals surface area contributed by atoms with Crippen molar-refractivity contribution < 1.29 is 9.53 Å². The van der Waals surface area contributed by atoms with Gasteiger partial charge in [0.15, 0.2) is 5.69 Å². The maximum Gasteiger partial charge on any atom is 0.227 e. The molecule has 0 aliphatic heterocycles. The lowest BCUT2D eigenvalue weighted by atomic mass is 10.1. The van der Waals surface area contributed by atoms with Gasteiger partial charge in [-0.2, -0.15) is 0 Å². The maximum absolute atomic E-state index is 12.0.